The molecule has 3 aromatic rings. The molecule has 6 rings (SSSR count). The van der Waals surface area contributed by atoms with E-state index in [1.165, 1.54) is 11.3 Å². The van der Waals surface area contributed by atoms with Crippen LogP contribution in [0.25, 0.3) is 11.3 Å². The van der Waals surface area contributed by atoms with Gasteiger partial charge >= 0.3 is 0 Å². The van der Waals surface area contributed by atoms with E-state index < -0.39 is 0 Å². The van der Waals surface area contributed by atoms with Crippen LogP contribution >= 0.6 is 11.3 Å². The number of nitrogens with one attached hydrogen (secondary N) is 1. The molecule has 144 valence electrons. The van der Waals surface area contributed by atoms with Gasteiger partial charge in [-0.1, -0.05) is 35.5 Å². The van der Waals surface area contributed by atoms with Crippen LogP contribution in [0.5, 0.6) is 0 Å². The Morgan fingerprint density at radius 1 is 1.29 bits per heavy atom. The Hall–Kier alpha value is -2.58. The quantitative estimate of drug-likeness (QED) is 0.720. The Morgan fingerprint density at radius 3 is 2.93 bits per heavy atom. The summed E-state index contributed by atoms with van der Waals surface area (Å²) in [6, 6.07) is 10.5. The summed E-state index contributed by atoms with van der Waals surface area (Å²) < 4.78 is 1.94. The van der Waals surface area contributed by atoms with Gasteiger partial charge in [-0.15, -0.1) is 16.4 Å². The largest absolute Gasteiger partial charge is 0.302 e. The molecule has 0 saturated carbocycles. The lowest BCUT2D eigenvalue weighted by Gasteiger charge is -2.49. The van der Waals surface area contributed by atoms with E-state index in [1.807, 2.05) is 46.6 Å². The molecule has 2 aromatic heterocycles. The Kier molecular flexibility index (Phi) is 4.66. The number of aromatic nitrogens is 4. The predicted octanol–water partition coefficient (Wildman–Crippen LogP) is 2.75. The Bertz CT molecular complexity index is 941. The second-order valence-corrected chi connectivity index (χ2v) is 8.45. The number of hydrogen-bond donors (Lipinski definition) is 1. The Morgan fingerprint density at radius 2 is 2.18 bits per heavy atom. The van der Waals surface area contributed by atoms with Crippen LogP contribution < -0.4 is 5.32 Å². The maximum absolute atomic E-state index is 12.7. The van der Waals surface area contributed by atoms with Gasteiger partial charge in [-0.2, -0.15) is 0 Å². The first-order valence-electron chi connectivity index (χ1n) is 9.66. The monoisotopic (exact) mass is 394 g/mol. The average molecular weight is 395 g/mol. The number of amides is 1. The molecule has 28 heavy (non-hydrogen) atoms. The van der Waals surface area contributed by atoms with Crippen molar-refractivity contribution >= 4 is 22.4 Å². The van der Waals surface area contributed by atoms with Crippen molar-refractivity contribution in [1.82, 2.24) is 24.9 Å². The lowest BCUT2D eigenvalue weighted by atomic mass is 9.75. The molecule has 7 nitrogen and oxygen atoms in total. The van der Waals surface area contributed by atoms with Gasteiger partial charge in [-0.05, 0) is 25.3 Å². The van der Waals surface area contributed by atoms with Gasteiger partial charge in [0.15, 0.2) is 5.13 Å². The van der Waals surface area contributed by atoms with Crippen LogP contribution in [0.15, 0.2) is 48.1 Å². The van der Waals surface area contributed by atoms with Crippen molar-refractivity contribution in [1.29, 1.82) is 0 Å². The minimum absolute atomic E-state index is 0.0459. The van der Waals surface area contributed by atoms with Crippen molar-refractivity contribution in [2.45, 2.75) is 25.4 Å². The lowest BCUT2D eigenvalue weighted by Crippen LogP contribution is -2.57. The first-order chi connectivity index (χ1) is 13.8. The van der Waals surface area contributed by atoms with Crippen LogP contribution in [-0.2, 0) is 11.3 Å². The van der Waals surface area contributed by atoms with Crippen molar-refractivity contribution in [3.05, 3.63) is 48.1 Å². The first kappa shape index (κ1) is 17.5. The van der Waals surface area contributed by atoms with Crippen molar-refractivity contribution in [2.24, 2.45) is 11.8 Å². The molecule has 1 N–H and O–H groups in total. The molecule has 5 heterocycles. The molecule has 1 amide bonds. The molecule has 1 aromatic carbocycles. The highest BCUT2D eigenvalue weighted by Crippen LogP contribution is 2.37. The van der Waals surface area contributed by atoms with Gasteiger partial charge < -0.3 is 5.32 Å². The van der Waals surface area contributed by atoms with Gasteiger partial charge in [0.2, 0.25) is 5.91 Å². The third-order valence-corrected chi connectivity index (χ3v) is 6.57. The standard InChI is InChI=1S/C20H22N6OS/c27-19(22-20-21-7-9-28-20)17-12-25-8-6-15(17)10-16(25)11-26-13-18(23-24-26)14-4-2-1-3-5-14/h1-5,7,9,13,15-17H,6,8,10-12H2,(H,21,22,27)/t15-,16+,17-/m0/s1. The third-order valence-electron chi connectivity index (χ3n) is 5.88. The second-order valence-electron chi connectivity index (χ2n) is 7.56. The van der Waals surface area contributed by atoms with Crippen LogP contribution in [0.1, 0.15) is 12.8 Å². The minimum Gasteiger partial charge on any atom is -0.302 e. The number of hydrogen-bond acceptors (Lipinski definition) is 6. The van der Waals surface area contributed by atoms with Crippen molar-refractivity contribution in [3.63, 3.8) is 0 Å². The molecule has 4 atom stereocenters. The Labute approximate surface area is 167 Å². The molecular formula is C20H22N6OS. The summed E-state index contributed by atoms with van der Waals surface area (Å²) in [6.07, 6.45) is 5.84. The smallest absolute Gasteiger partial charge is 0.230 e. The van der Waals surface area contributed by atoms with Crippen LogP contribution in [-0.4, -0.2) is 49.9 Å². The Balaban J connectivity index is 1.23. The highest BCUT2D eigenvalue weighted by atomic mass is 32.1. The van der Waals surface area contributed by atoms with E-state index in [-0.39, 0.29) is 11.8 Å². The predicted molar refractivity (Wildman–Crippen MR) is 108 cm³/mol. The molecule has 8 heteroatoms. The minimum atomic E-state index is 0.0459. The number of rotatable bonds is 5. The molecule has 0 radical (unpaired) electrons. The highest BCUT2D eigenvalue weighted by molar-refractivity contribution is 7.13. The number of carbonyl (C=O) groups is 1. The topological polar surface area (TPSA) is 75.9 Å². The summed E-state index contributed by atoms with van der Waals surface area (Å²) in [5.41, 5.74) is 1.98. The first-order valence-corrected chi connectivity index (χ1v) is 10.5. The van der Waals surface area contributed by atoms with Gasteiger partial charge in [0.1, 0.15) is 5.69 Å². The second kappa shape index (κ2) is 7.44. The number of piperidine rings is 3. The zero-order chi connectivity index (χ0) is 18.9. The number of fused-ring (bicyclic) bond motifs is 3. The molecule has 3 fully saturated rings. The number of thiazole rings is 1. The van der Waals surface area contributed by atoms with E-state index in [2.05, 4.69) is 25.5 Å². The number of carbonyl (C=O) groups excluding carboxylic acids is 1. The molecule has 1 unspecified atom stereocenters. The van der Waals surface area contributed by atoms with E-state index in [0.717, 1.165) is 43.7 Å². The van der Waals surface area contributed by atoms with Crippen molar-refractivity contribution in [3.8, 4) is 11.3 Å². The van der Waals surface area contributed by atoms with E-state index >= 15 is 0 Å². The average Bonchev–Trinajstić information content (AvgIpc) is 3.41. The fraction of sp³-hybridized carbons (Fsp3) is 0.400. The van der Waals surface area contributed by atoms with E-state index in [0.29, 0.717) is 17.1 Å². The van der Waals surface area contributed by atoms with Crippen LogP contribution in [0.4, 0.5) is 5.13 Å². The van der Waals surface area contributed by atoms with E-state index in [4.69, 9.17) is 0 Å². The molecule has 3 aliphatic rings. The van der Waals surface area contributed by atoms with Crippen LogP contribution in [0, 0.1) is 11.8 Å². The van der Waals surface area contributed by atoms with Crippen LogP contribution in [0.2, 0.25) is 0 Å². The molecule has 2 bridgehead atoms. The summed E-state index contributed by atoms with van der Waals surface area (Å²) in [5, 5.41) is 14.2. The van der Waals surface area contributed by atoms with E-state index in [1.54, 1.807) is 6.20 Å². The lowest BCUT2D eigenvalue weighted by molar-refractivity contribution is -0.127. The summed E-state index contributed by atoms with van der Waals surface area (Å²) in [4.78, 5) is 19.3. The zero-order valence-electron chi connectivity index (χ0n) is 15.4. The maximum Gasteiger partial charge on any atom is 0.230 e. The molecule has 0 aliphatic carbocycles. The fourth-order valence-electron chi connectivity index (χ4n) is 4.45. The molecule has 0 spiro atoms. The summed E-state index contributed by atoms with van der Waals surface area (Å²) in [7, 11) is 0. The molecule has 3 aliphatic heterocycles. The van der Waals surface area contributed by atoms with Crippen molar-refractivity contribution < 1.29 is 4.79 Å². The third kappa shape index (κ3) is 3.45. The summed E-state index contributed by atoms with van der Waals surface area (Å²) >= 11 is 1.46. The number of benzene rings is 1. The van der Waals surface area contributed by atoms with Crippen LogP contribution in [0.3, 0.4) is 0 Å². The van der Waals surface area contributed by atoms with Gasteiger partial charge in [-0.3, -0.25) is 14.4 Å². The maximum atomic E-state index is 12.7. The number of nitrogens with zero attached hydrogens (tertiary/aromatic N) is 5. The summed E-state index contributed by atoms with van der Waals surface area (Å²) in [5.74, 6) is 0.576. The van der Waals surface area contributed by atoms with E-state index in [9.17, 15) is 4.79 Å². The molecular weight excluding hydrogens is 372 g/mol. The zero-order valence-corrected chi connectivity index (χ0v) is 16.3. The van der Waals surface area contributed by atoms with Gasteiger partial charge in [0.25, 0.3) is 0 Å². The van der Waals surface area contributed by atoms with Crippen molar-refractivity contribution in [2.75, 3.05) is 18.4 Å². The SMILES string of the molecule is O=C(Nc1nccs1)[C@H]1CN2CC[C@H]1C[C@@H]2Cn1cc(-c2ccccc2)nn1. The highest BCUT2D eigenvalue weighted by Gasteiger charge is 2.43. The normalized spacial score (nSPS) is 26.3. The van der Waals surface area contributed by atoms with Gasteiger partial charge in [0, 0.05) is 29.7 Å². The van der Waals surface area contributed by atoms with Gasteiger partial charge in [-0.25, -0.2) is 4.98 Å². The summed E-state index contributed by atoms with van der Waals surface area (Å²) in [6.45, 7) is 2.68. The van der Waals surface area contributed by atoms with Gasteiger partial charge in [0.05, 0.1) is 18.7 Å². The number of anilines is 1. The fourth-order valence-corrected chi connectivity index (χ4v) is 4.98. The molecule has 3 saturated heterocycles.